The number of carbonyl (C=O) groups is 1. The first kappa shape index (κ1) is 18.7. The number of hydrogen-bond acceptors (Lipinski definition) is 4. The average molecular weight is 393 g/mol. The van der Waals surface area contributed by atoms with Gasteiger partial charge in [0.25, 0.3) is 5.91 Å². The predicted octanol–water partition coefficient (Wildman–Crippen LogP) is 4.94. The largest absolute Gasteiger partial charge is 0.497 e. The van der Waals surface area contributed by atoms with Crippen molar-refractivity contribution in [2.45, 2.75) is 20.8 Å². The monoisotopic (exact) mass is 393 g/mol. The molecule has 4 aromatic rings. The van der Waals surface area contributed by atoms with E-state index < -0.39 is 5.82 Å². The zero-order valence-corrected chi connectivity index (χ0v) is 16.5. The van der Waals surface area contributed by atoms with E-state index in [4.69, 9.17) is 9.15 Å². The minimum absolute atomic E-state index is 0.322. The van der Waals surface area contributed by atoms with Crippen molar-refractivity contribution in [3.63, 3.8) is 0 Å². The van der Waals surface area contributed by atoms with Gasteiger partial charge in [-0.3, -0.25) is 4.79 Å². The van der Waals surface area contributed by atoms with Crippen molar-refractivity contribution in [3.05, 3.63) is 71.0 Å². The molecule has 0 aliphatic rings. The van der Waals surface area contributed by atoms with Crippen LogP contribution in [0.25, 0.3) is 16.7 Å². The van der Waals surface area contributed by atoms with Crippen LogP contribution in [0.5, 0.6) is 5.75 Å². The van der Waals surface area contributed by atoms with E-state index in [1.807, 2.05) is 19.9 Å². The first-order valence-electron chi connectivity index (χ1n) is 9.09. The molecular weight excluding hydrogens is 373 g/mol. The van der Waals surface area contributed by atoms with E-state index in [9.17, 15) is 9.18 Å². The van der Waals surface area contributed by atoms with E-state index in [2.05, 4.69) is 10.4 Å². The number of nitrogens with one attached hydrogen (secondary N) is 1. The van der Waals surface area contributed by atoms with Crippen molar-refractivity contribution in [1.29, 1.82) is 0 Å². The number of halogens is 1. The van der Waals surface area contributed by atoms with E-state index in [0.717, 1.165) is 11.4 Å². The summed E-state index contributed by atoms with van der Waals surface area (Å²) in [7, 11) is 1.56. The molecular formula is C22H20FN3O3. The number of nitrogens with zero attached hydrogens (tertiary/aromatic N) is 2. The molecule has 0 fully saturated rings. The first-order valence-corrected chi connectivity index (χ1v) is 9.09. The topological polar surface area (TPSA) is 69.3 Å². The van der Waals surface area contributed by atoms with Crippen molar-refractivity contribution in [1.82, 2.24) is 9.78 Å². The number of hydrogen-bond donors (Lipinski definition) is 1. The van der Waals surface area contributed by atoms with Gasteiger partial charge in [0.1, 0.15) is 22.8 Å². The summed E-state index contributed by atoms with van der Waals surface area (Å²) in [5.74, 6) is 0.232. The Morgan fingerprint density at radius 1 is 1.14 bits per heavy atom. The van der Waals surface area contributed by atoms with Crippen LogP contribution in [0.3, 0.4) is 0 Å². The van der Waals surface area contributed by atoms with Crippen LogP contribution in [0, 0.1) is 26.6 Å². The van der Waals surface area contributed by atoms with Crippen LogP contribution in [0.1, 0.15) is 27.5 Å². The van der Waals surface area contributed by atoms with Crippen LogP contribution in [-0.2, 0) is 0 Å². The highest BCUT2D eigenvalue weighted by Crippen LogP contribution is 2.30. The van der Waals surface area contributed by atoms with Crippen molar-refractivity contribution in [3.8, 4) is 11.4 Å². The summed E-state index contributed by atoms with van der Waals surface area (Å²) in [6, 6.07) is 11.6. The first-order chi connectivity index (χ1) is 13.9. The SMILES string of the molecule is COc1ccc2oc(C)c(C(=O)Nc3ccc(-n4nc(C)cc4C)c(F)c3)c2c1. The normalized spacial score (nSPS) is 11.1. The fourth-order valence-corrected chi connectivity index (χ4v) is 3.43. The number of aromatic nitrogens is 2. The molecule has 0 unspecified atom stereocenters. The molecule has 0 radical (unpaired) electrons. The zero-order valence-electron chi connectivity index (χ0n) is 16.5. The highest BCUT2D eigenvalue weighted by molar-refractivity contribution is 6.13. The maximum atomic E-state index is 14.7. The lowest BCUT2D eigenvalue weighted by molar-refractivity contribution is 0.102. The molecule has 2 aromatic carbocycles. The number of rotatable bonds is 4. The molecule has 0 spiro atoms. The number of amides is 1. The highest BCUT2D eigenvalue weighted by atomic mass is 19.1. The lowest BCUT2D eigenvalue weighted by atomic mass is 10.1. The van der Waals surface area contributed by atoms with Crippen LogP contribution >= 0.6 is 0 Å². The summed E-state index contributed by atoms with van der Waals surface area (Å²) in [6.07, 6.45) is 0. The Balaban J connectivity index is 1.65. The Morgan fingerprint density at radius 3 is 2.59 bits per heavy atom. The standard InChI is InChI=1S/C22H20FN3O3/c1-12-9-13(2)26(25-12)19-7-5-15(10-18(19)23)24-22(27)21-14(3)29-20-8-6-16(28-4)11-17(20)21/h5-11H,1-4H3,(H,24,27). The summed E-state index contributed by atoms with van der Waals surface area (Å²) < 4.78 is 27.1. The number of anilines is 1. The molecule has 2 heterocycles. The molecule has 0 saturated heterocycles. The molecule has 148 valence electrons. The van der Waals surface area contributed by atoms with Crippen LogP contribution in [0.15, 0.2) is 46.9 Å². The molecule has 1 N–H and O–H groups in total. The summed E-state index contributed by atoms with van der Waals surface area (Å²) in [5.41, 5.74) is 3.27. The van der Waals surface area contributed by atoms with Gasteiger partial charge in [-0.1, -0.05) is 0 Å². The van der Waals surface area contributed by atoms with Gasteiger partial charge in [-0.25, -0.2) is 9.07 Å². The second kappa shape index (κ2) is 7.09. The molecule has 7 heteroatoms. The van der Waals surface area contributed by atoms with Gasteiger partial charge in [-0.15, -0.1) is 0 Å². The van der Waals surface area contributed by atoms with E-state index in [0.29, 0.717) is 39.4 Å². The number of furan rings is 1. The van der Waals surface area contributed by atoms with E-state index in [1.54, 1.807) is 44.4 Å². The third-order valence-corrected chi connectivity index (χ3v) is 4.74. The third-order valence-electron chi connectivity index (χ3n) is 4.74. The number of methoxy groups -OCH3 is 1. The van der Waals surface area contributed by atoms with Crippen LogP contribution < -0.4 is 10.1 Å². The van der Waals surface area contributed by atoms with Gasteiger partial charge in [0.15, 0.2) is 5.82 Å². The second-order valence-corrected chi connectivity index (χ2v) is 6.85. The second-order valence-electron chi connectivity index (χ2n) is 6.85. The fraction of sp³-hybridized carbons (Fsp3) is 0.182. The Bertz CT molecular complexity index is 1240. The predicted molar refractivity (Wildman–Crippen MR) is 108 cm³/mol. The van der Waals surface area contributed by atoms with E-state index in [-0.39, 0.29) is 5.91 Å². The van der Waals surface area contributed by atoms with Crippen molar-refractivity contribution in [2.75, 3.05) is 12.4 Å². The van der Waals surface area contributed by atoms with Gasteiger partial charge < -0.3 is 14.5 Å². The molecule has 6 nitrogen and oxygen atoms in total. The van der Waals surface area contributed by atoms with Gasteiger partial charge in [-0.2, -0.15) is 5.10 Å². The zero-order chi connectivity index (χ0) is 20.7. The summed E-state index contributed by atoms with van der Waals surface area (Å²) in [5, 5.41) is 7.68. The molecule has 0 aliphatic carbocycles. The Kier molecular flexibility index (Phi) is 4.58. The molecule has 0 aliphatic heterocycles. The summed E-state index contributed by atoms with van der Waals surface area (Å²) >= 11 is 0. The van der Waals surface area contributed by atoms with E-state index in [1.165, 1.54) is 10.7 Å². The quantitative estimate of drug-likeness (QED) is 0.533. The number of benzene rings is 2. The number of fused-ring (bicyclic) bond motifs is 1. The maximum absolute atomic E-state index is 14.7. The number of aryl methyl sites for hydroxylation is 3. The highest BCUT2D eigenvalue weighted by Gasteiger charge is 2.20. The smallest absolute Gasteiger partial charge is 0.259 e. The number of carbonyl (C=O) groups excluding carboxylic acids is 1. The average Bonchev–Trinajstić information content (AvgIpc) is 3.18. The van der Waals surface area contributed by atoms with Crippen molar-refractivity contribution < 1.29 is 18.3 Å². The molecule has 29 heavy (non-hydrogen) atoms. The van der Waals surface area contributed by atoms with Gasteiger partial charge in [-0.05, 0) is 63.2 Å². The number of ether oxygens (including phenoxy) is 1. The minimum Gasteiger partial charge on any atom is -0.497 e. The third kappa shape index (κ3) is 3.35. The lowest BCUT2D eigenvalue weighted by Crippen LogP contribution is -2.13. The summed E-state index contributed by atoms with van der Waals surface area (Å²) in [6.45, 7) is 5.42. The van der Waals surface area contributed by atoms with Crippen LogP contribution in [0.4, 0.5) is 10.1 Å². The molecule has 0 bridgehead atoms. The molecule has 0 atom stereocenters. The molecule has 2 aromatic heterocycles. The van der Waals surface area contributed by atoms with Gasteiger partial charge >= 0.3 is 0 Å². The van der Waals surface area contributed by atoms with Crippen LogP contribution in [0.2, 0.25) is 0 Å². The van der Waals surface area contributed by atoms with Crippen LogP contribution in [-0.4, -0.2) is 22.8 Å². The van der Waals surface area contributed by atoms with Gasteiger partial charge in [0, 0.05) is 16.8 Å². The Labute approximate surface area is 166 Å². The minimum atomic E-state index is -0.482. The Hall–Kier alpha value is -3.61. The van der Waals surface area contributed by atoms with Gasteiger partial charge in [0.2, 0.25) is 0 Å². The summed E-state index contributed by atoms with van der Waals surface area (Å²) in [4.78, 5) is 12.9. The lowest BCUT2D eigenvalue weighted by Gasteiger charge is -2.09. The van der Waals surface area contributed by atoms with Crippen molar-refractivity contribution in [2.24, 2.45) is 0 Å². The Morgan fingerprint density at radius 2 is 1.93 bits per heavy atom. The fourth-order valence-electron chi connectivity index (χ4n) is 3.43. The van der Waals surface area contributed by atoms with Gasteiger partial charge in [0.05, 0.1) is 18.4 Å². The van der Waals surface area contributed by atoms with E-state index >= 15 is 0 Å². The maximum Gasteiger partial charge on any atom is 0.259 e. The van der Waals surface area contributed by atoms with Crippen molar-refractivity contribution >= 4 is 22.6 Å². The molecule has 0 saturated carbocycles. The molecule has 1 amide bonds. The molecule has 4 rings (SSSR count).